The highest BCUT2D eigenvalue weighted by molar-refractivity contribution is 9.10. The van der Waals surface area contributed by atoms with Gasteiger partial charge in [0, 0.05) is 20.8 Å². The van der Waals surface area contributed by atoms with Gasteiger partial charge in [0.25, 0.3) is 0 Å². The van der Waals surface area contributed by atoms with Gasteiger partial charge >= 0.3 is 6.18 Å². The maximum absolute atomic E-state index is 12.5. The molecule has 0 aliphatic heterocycles. The van der Waals surface area contributed by atoms with Gasteiger partial charge in [-0.15, -0.1) is 11.3 Å². The van der Waals surface area contributed by atoms with Gasteiger partial charge in [-0.2, -0.15) is 13.2 Å². The number of hydrogen-bond donors (Lipinski definition) is 1. The summed E-state index contributed by atoms with van der Waals surface area (Å²) in [5.41, 5.74) is 5.21. The van der Waals surface area contributed by atoms with E-state index in [2.05, 4.69) is 15.9 Å². The summed E-state index contributed by atoms with van der Waals surface area (Å²) in [6.07, 6.45) is -4.75. The molecule has 2 unspecified atom stereocenters. The van der Waals surface area contributed by atoms with Crippen LogP contribution in [-0.4, -0.2) is 6.04 Å². The number of hydrogen-bond acceptors (Lipinski definition) is 3. The van der Waals surface area contributed by atoms with Crippen LogP contribution in [0, 0.1) is 0 Å². The van der Waals surface area contributed by atoms with E-state index in [0.29, 0.717) is 5.75 Å². The van der Waals surface area contributed by atoms with Crippen molar-refractivity contribution in [3.8, 4) is 5.75 Å². The van der Waals surface area contributed by atoms with Gasteiger partial charge in [0.1, 0.15) is 11.9 Å². The van der Waals surface area contributed by atoms with Gasteiger partial charge in [-0.1, -0.05) is 0 Å². The number of rotatable bonds is 4. The summed E-state index contributed by atoms with van der Waals surface area (Å²) in [7, 11) is 0. The van der Waals surface area contributed by atoms with E-state index in [-0.39, 0.29) is 6.04 Å². The zero-order valence-corrected chi connectivity index (χ0v) is 13.4. The highest BCUT2D eigenvalue weighted by Gasteiger charge is 2.30. The Balaban J connectivity index is 2.18. The summed E-state index contributed by atoms with van der Waals surface area (Å²) in [6, 6.07) is 6.21. The largest absolute Gasteiger partial charge is 0.483 e. The molecule has 1 aromatic carbocycles. The van der Waals surface area contributed by atoms with Crippen LogP contribution >= 0.6 is 27.3 Å². The van der Waals surface area contributed by atoms with Crippen molar-refractivity contribution in [3.63, 3.8) is 0 Å². The average molecular weight is 380 g/mol. The Labute approximate surface area is 132 Å². The molecule has 0 aliphatic carbocycles. The lowest BCUT2D eigenvalue weighted by Gasteiger charge is -2.21. The third-order valence-corrected chi connectivity index (χ3v) is 4.55. The quantitative estimate of drug-likeness (QED) is 0.811. The summed E-state index contributed by atoms with van der Waals surface area (Å²) in [6.45, 7) is 1.79. The molecule has 0 spiro atoms. The smallest absolute Gasteiger partial charge is 0.416 e. The molecule has 2 N–H and O–H groups in total. The third-order valence-electron chi connectivity index (χ3n) is 2.79. The van der Waals surface area contributed by atoms with E-state index in [1.165, 1.54) is 23.5 Å². The fourth-order valence-electron chi connectivity index (χ4n) is 1.77. The summed E-state index contributed by atoms with van der Waals surface area (Å²) >= 11 is 4.84. The Kier molecular flexibility index (Phi) is 4.95. The van der Waals surface area contributed by atoms with E-state index in [9.17, 15) is 13.2 Å². The first-order chi connectivity index (χ1) is 9.77. The van der Waals surface area contributed by atoms with Crippen molar-refractivity contribution in [2.24, 2.45) is 5.73 Å². The second-order valence-electron chi connectivity index (χ2n) is 4.59. The van der Waals surface area contributed by atoms with Gasteiger partial charge in [-0.3, -0.25) is 0 Å². The summed E-state index contributed by atoms with van der Waals surface area (Å²) in [5, 5.41) is 1.90. The van der Waals surface area contributed by atoms with Gasteiger partial charge in [0.2, 0.25) is 0 Å². The molecular weight excluding hydrogens is 367 g/mol. The molecule has 114 valence electrons. The molecule has 21 heavy (non-hydrogen) atoms. The lowest BCUT2D eigenvalue weighted by atomic mass is 10.1. The van der Waals surface area contributed by atoms with Crippen LogP contribution in [0.2, 0.25) is 0 Å². The number of thiophene rings is 1. The molecular formula is C14H13BrF3NOS. The lowest BCUT2D eigenvalue weighted by molar-refractivity contribution is -0.137. The molecule has 0 radical (unpaired) electrons. The highest BCUT2D eigenvalue weighted by atomic mass is 79.9. The monoisotopic (exact) mass is 379 g/mol. The van der Waals surface area contributed by atoms with Crippen molar-refractivity contribution >= 4 is 27.3 Å². The van der Waals surface area contributed by atoms with E-state index in [1.807, 2.05) is 11.4 Å². The van der Waals surface area contributed by atoms with Crippen LogP contribution in [0.3, 0.4) is 0 Å². The molecule has 0 amide bonds. The van der Waals surface area contributed by atoms with Crippen LogP contribution in [0.25, 0.3) is 0 Å². The van der Waals surface area contributed by atoms with Crippen molar-refractivity contribution in [1.29, 1.82) is 0 Å². The average Bonchev–Trinajstić information content (AvgIpc) is 2.81. The van der Waals surface area contributed by atoms with Crippen molar-refractivity contribution < 1.29 is 17.9 Å². The molecule has 0 saturated heterocycles. The topological polar surface area (TPSA) is 35.2 Å². The Morgan fingerprint density at radius 3 is 2.29 bits per heavy atom. The fourth-order valence-corrected chi connectivity index (χ4v) is 3.36. The van der Waals surface area contributed by atoms with Crippen LogP contribution in [-0.2, 0) is 6.18 Å². The van der Waals surface area contributed by atoms with Crippen molar-refractivity contribution in [2.45, 2.75) is 25.2 Å². The Morgan fingerprint density at radius 2 is 1.86 bits per heavy atom. The zero-order valence-electron chi connectivity index (χ0n) is 11.0. The fraction of sp³-hybridized carbons (Fsp3) is 0.286. The van der Waals surface area contributed by atoms with Gasteiger partial charge < -0.3 is 10.5 Å². The predicted molar refractivity (Wildman–Crippen MR) is 80.5 cm³/mol. The maximum atomic E-state index is 12.5. The Morgan fingerprint density at radius 1 is 1.24 bits per heavy atom. The summed E-state index contributed by atoms with van der Waals surface area (Å²) in [5.74, 6) is 0.356. The van der Waals surface area contributed by atoms with Crippen LogP contribution in [0.5, 0.6) is 5.75 Å². The summed E-state index contributed by atoms with van der Waals surface area (Å²) < 4.78 is 44.2. The minimum atomic E-state index is -4.35. The van der Waals surface area contributed by atoms with Gasteiger partial charge in [0.05, 0.1) is 5.56 Å². The first-order valence-electron chi connectivity index (χ1n) is 6.11. The molecule has 7 heteroatoms. The molecule has 0 bridgehead atoms. The van der Waals surface area contributed by atoms with E-state index in [1.54, 1.807) is 6.92 Å². The minimum Gasteiger partial charge on any atom is -0.483 e. The predicted octanol–water partition coefficient (Wildman–Crippen LogP) is 5.00. The first kappa shape index (κ1) is 16.3. The number of nitrogens with two attached hydrogens (primary N) is 1. The number of benzene rings is 1. The van der Waals surface area contributed by atoms with Crippen LogP contribution in [0.15, 0.2) is 40.2 Å². The molecule has 2 nitrogen and oxygen atoms in total. The Hall–Kier alpha value is -1.05. The third kappa shape index (κ3) is 4.21. The van der Waals surface area contributed by atoms with Crippen molar-refractivity contribution in [1.82, 2.24) is 0 Å². The summed E-state index contributed by atoms with van der Waals surface area (Å²) in [4.78, 5) is 0.914. The van der Waals surface area contributed by atoms with Crippen LogP contribution in [0.1, 0.15) is 23.5 Å². The van der Waals surface area contributed by atoms with Gasteiger partial charge in [-0.25, -0.2) is 0 Å². The number of halogens is 4. The number of alkyl halides is 3. The Bertz CT molecular complexity index is 595. The van der Waals surface area contributed by atoms with Gasteiger partial charge in [-0.05, 0) is 53.2 Å². The lowest BCUT2D eigenvalue weighted by Crippen LogP contribution is -2.28. The van der Waals surface area contributed by atoms with Crippen molar-refractivity contribution in [3.05, 3.63) is 50.6 Å². The molecule has 1 aromatic heterocycles. The van der Waals surface area contributed by atoms with Gasteiger partial charge in [0.15, 0.2) is 0 Å². The molecule has 0 fully saturated rings. The molecule has 2 atom stereocenters. The molecule has 2 rings (SSSR count). The van der Waals surface area contributed by atoms with E-state index < -0.39 is 17.8 Å². The highest BCUT2D eigenvalue weighted by Crippen LogP contribution is 2.33. The van der Waals surface area contributed by atoms with E-state index in [0.717, 1.165) is 21.5 Å². The van der Waals surface area contributed by atoms with Crippen LogP contribution < -0.4 is 10.5 Å². The number of ether oxygens (including phenoxy) is 1. The molecule has 0 aliphatic rings. The molecule has 0 saturated carbocycles. The second kappa shape index (κ2) is 6.37. The standard InChI is InChI=1S/C14H13BrF3NOS/c1-8(19)13(12-6-10(15)7-21-12)20-11-4-2-9(3-5-11)14(16,17)18/h2-8,13H,19H2,1H3. The second-order valence-corrected chi connectivity index (χ2v) is 6.45. The zero-order chi connectivity index (χ0) is 15.6. The normalized spacial score (nSPS) is 14.8. The van der Waals surface area contributed by atoms with E-state index >= 15 is 0 Å². The van der Waals surface area contributed by atoms with E-state index in [4.69, 9.17) is 10.5 Å². The molecule has 1 heterocycles. The molecule has 2 aromatic rings. The van der Waals surface area contributed by atoms with Crippen LogP contribution in [0.4, 0.5) is 13.2 Å². The minimum absolute atomic E-state index is 0.294. The van der Waals surface area contributed by atoms with Crippen molar-refractivity contribution in [2.75, 3.05) is 0 Å². The maximum Gasteiger partial charge on any atom is 0.416 e. The SMILES string of the molecule is CC(N)C(Oc1ccc(C(F)(F)F)cc1)c1cc(Br)cs1. The first-order valence-corrected chi connectivity index (χ1v) is 7.78.